The lowest BCUT2D eigenvalue weighted by molar-refractivity contribution is -0.161. The Kier molecular flexibility index (Phi) is 67.8. The first kappa shape index (κ1) is 97.1. The van der Waals surface area contributed by atoms with Gasteiger partial charge in [0, 0.05) is 25.7 Å². The Balaban J connectivity index is 5.18. The maximum absolute atomic E-state index is 13.1. The predicted molar refractivity (Wildman–Crippen MR) is 404 cm³/mol. The highest BCUT2D eigenvalue weighted by atomic mass is 31.2. The van der Waals surface area contributed by atoms with Gasteiger partial charge in [0.15, 0.2) is 12.2 Å². The smallest absolute Gasteiger partial charge is 0.462 e. The molecule has 0 aromatic rings. The molecule has 0 aliphatic heterocycles. The minimum Gasteiger partial charge on any atom is -0.462 e. The number of carbonyl (C=O) groups excluding carboxylic acids is 4. The van der Waals surface area contributed by atoms with E-state index in [9.17, 15) is 43.2 Å². The van der Waals surface area contributed by atoms with Gasteiger partial charge in [0.2, 0.25) is 0 Å². The predicted octanol–water partition coefficient (Wildman–Crippen LogP) is 23.6. The second-order valence-corrected chi connectivity index (χ2v) is 33.1. The van der Waals surface area contributed by atoms with Crippen LogP contribution < -0.4 is 0 Å². The average molecular weight is 1450 g/mol. The zero-order valence-electron chi connectivity index (χ0n) is 65.1. The summed E-state index contributed by atoms with van der Waals surface area (Å²) in [6.45, 7) is 14.3. The summed E-state index contributed by atoms with van der Waals surface area (Å²) in [4.78, 5) is 72.9. The lowest BCUT2D eigenvalue weighted by atomic mass is 9.99. The normalized spacial score (nSPS) is 14.6. The van der Waals surface area contributed by atoms with Crippen LogP contribution in [0.4, 0.5) is 0 Å². The van der Waals surface area contributed by atoms with Crippen LogP contribution in [-0.2, 0) is 65.4 Å². The quantitative estimate of drug-likeness (QED) is 0.0222. The van der Waals surface area contributed by atoms with Crippen LogP contribution in [0.15, 0.2) is 0 Å². The lowest BCUT2D eigenvalue weighted by Gasteiger charge is -2.21. The van der Waals surface area contributed by atoms with Crippen molar-refractivity contribution in [1.29, 1.82) is 0 Å². The largest absolute Gasteiger partial charge is 0.472 e. The minimum atomic E-state index is -4.96. The monoisotopic (exact) mass is 1450 g/mol. The van der Waals surface area contributed by atoms with Gasteiger partial charge in [0.1, 0.15) is 19.3 Å². The maximum Gasteiger partial charge on any atom is 0.472 e. The number of esters is 4. The fourth-order valence-corrected chi connectivity index (χ4v) is 13.8. The van der Waals surface area contributed by atoms with Gasteiger partial charge in [-0.2, -0.15) is 0 Å². The van der Waals surface area contributed by atoms with E-state index in [1.165, 1.54) is 205 Å². The summed E-state index contributed by atoms with van der Waals surface area (Å²) in [6.07, 6.45) is 55.6. The number of unbranched alkanes of at least 4 members (excludes halogenated alkanes) is 41. The summed E-state index contributed by atoms with van der Waals surface area (Å²) in [6, 6.07) is 0. The molecule has 99 heavy (non-hydrogen) atoms. The fraction of sp³-hybridized carbons (Fsp3) is 0.950. The van der Waals surface area contributed by atoms with Gasteiger partial charge < -0.3 is 33.8 Å². The molecule has 17 nitrogen and oxygen atoms in total. The van der Waals surface area contributed by atoms with Gasteiger partial charge in [0.25, 0.3) is 0 Å². The van der Waals surface area contributed by atoms with Crippen molar-refractivity contribution in [2.24, 2.45) is 23.7 Å². The molecule has 0 amide bonds. The minimum absolute atomic E-state index is 0.105. The number of aliphatic hydroxyl groups excluding tert-OH is 1. The molecule has 0 aromatic carbocycles. The van der Waals surface area contributed by atoms with Crippen molar-refractivity contribution in [2.75, 3.05) is 39.6 Å². The number of rotatable bonds is 77. The van der Waals surface area contributed by atoms with Crippen molar-refractivity contribution >= 4 is 39.5 Å². The van der Waals surface area contributed by atoms with Gasteiger partial charge in [0.05, 0.1) is 26.4 Å². The Morgan fingerprint density at radius 2 is 0.485 bits per heavy atom. The highest BCUT2D eigenvalue weighted by Crippen LogP contribution is 2.45. The SMILES string of the molecule is CCC(C)CCCCCCCCCCCCCCCCCCCCC(=O)OC[C@H](COP(=O)(O)OCC(O)COP(=O)(O)OC[C@@H](COC(=O)CCCCCCCCCC(C)C)OC(=O)CCCCCCCCCCCCC(C)CC)OC(=O)CCCCCCCCCCCCC(C)C. The summed E-state index contributed by atoms with van der Waals surface area (Å²) in [5, 5.41) is 10.6. The van der Waals surface area contributed by atoms with Crippen molar-refractivity contribution in [1.82, 2.24) is 0 Å². The van der Waals surface area contributed by atoms with Crippen LogP contribution in [-0.4, -0.2) is 96.7 Å². The standard InChI is InChI=1S/C80H156O17P2/c1-9-72(7)58-50-42-34-26-19-17-15-13-11-12-14-16-18-20-28-36-44-52-60-77(82)90-66-75(96-79(84)62-54-46-37-29-23-21-25-32-40-48-56-70(3)4)68-94-98(86,87)92-64-74(81)65-93-99(88,89)95-69-76(67-91-78(83)61-53-45-39-31-33-41-49-57-71(5)6)97-80(85)63-55-47-38-30-24-22-27-35-43-51-59-73(8)10-2/h70-76,81H,9-69H2,1-8H3,(H,86,87)(H,88,89)/t72?,73?,74?,75-,76-/m1/s1. The van der Waals surface area contributed by atoms with Crippen molar-refractivity contribution in [3.63, 3.8) is 0 Å². The summed E-state index contributed by atoms with van der Waals surface area (Å²) in [5.41, 5.74) is 0. The van der Waals surface area contributed by atoms with Crippen LogP contribution in [0.3, 0.4) is 0 Å². The van der Waals surface area contributed by atoms with Gasteiger partial charge in [-0.15, -0.1) is 0 Å². The molecule has 0 fully saturated rings. The molecule has 0 aliphatic rings. The Hall–Kier alpha value is -1.94. The highest BCUT2D eigenvalue weighted by Gasteiger charge is 2.30. The second kappa shape index (κ2) is 69.1. The summed E-state index contributed by atoms with van der Waals surface area (Å²) in [7, 11) is -9.92. The van der Waals surface area contributed by atoms with E-state index >= 15 is 0 Å². The van der Waals surface area contributed by atoms with E-state index < -0.39 is 97.5 Å². The molecule has 588 valence electrons. The number of hydrogen-bond acceptors (Lipinski definition) is 15. The van der Waals surface area contributed by atoms with E-state index in [4.69, 9.17) is 37.0 Å². The van der Waals surface area contributed by atoms with Crippen LogP contribution in [0.2, 0.25) is 0 Å². The molecular formula is C80H156O17P2. The van der Waals surface area contributed by atoms with E-state index in [1.54, 1.807) is 0 Å². The highest BCUT2D eigenvalue weighted by molar-refractivity contribution is 7.47. The molecule has 3 N–H and O–H groups in total. The first-order valence-corrected chi connectivity index (χ1v) is 44.3. The topological polar surface area (TPSA) is 237 Å². The molecule has 0 bridgehead atoms. The molecule has 0 radical (unpaired) electrons. The molecule has 0 aromatic heterocycles. The van der Waals surface area contributed by atoms with Crippen LogP contribution >= 0.6 is 15.6 Å². The molecule has 19 heteroatoms. The van der Waals surface area contributed by atoms with E-state index in [-0.39, 0.29) is 25.7 Å². The Bertz CT molecular complexity index is 1940. The number of carbonyl (C=O) groups is 4. The van der Waals surface area contributed by atoms with Crippen molar-refractivity contribution in [3.05, 3.63) is 0 Å². The number of ether oxygens (including phenoxy) is 4. The van der Waals surface area contributed by atoms with E-state index in [0.717, 1.165) is 114 Å². The van der Waals surface area contributed by atoms with Crippen LogP contribution in [0, 0.1) is 23.7 Å². The molecule has 0 rings (SSSR count). The van der Waals surface area contributed by atoms with E-state index in [2.05, 4.69) is 55.4 Å². The Morgan fingerprint density at radius 1 is 0.283 bits per heavy atom. The Morgan fingerprint density at radius 3 is 0.717 bits per heavy atom. The third kappa shape index (κ3) is 71.5. The van der Waals surface area contributed by atoms with Crippen molar-refractivity contribution in [2.45, 2.75) is 427 Å². The Labute approximate surface area is 607 Å². The number of aliphatic hydroxyl groups is 1. The fourth-order valence-electron chi connectivity index (χ4n) is 12.2. The van der Waals surface area contributed by atoms with Crippen LogP contribution in [0.5, 0.6) is 0 Å². The average Bonchev–Trinajstić information content (AvgIpc) is 1.18. The van der Waals surface area contributed by atoms with Gasteiger partial charge in [-0.3, -0.25) is 37.3 Å². The van der Waals surface area contributed by atoms with Gasteiger partial charge >= 0.3 is 39.5 Å². The molecule has 5 unspecified atom stereocenters. The summed E-state index contributed by atoms with van der Waals surface area (Å²) < 4.78 is 68.6. The second-order valence-electron chi connectivity index (χ2n) is 30.2. The van der Waals surface area contributed by atoms with Crippen molar-refractivity contribution in [3.8, 4) is 0 Å². The molecule has 0 heterocycles. The lowest BCUT2D eigenvalue weighted by Crippen LogP contribution is -2.30. The summed E-state index contributed by atoms with van der Waals surface area (Å²) >= 11 is 0. The van der Waals surface area contributed by atoms with Crippen LogP contribution in [0.25, 0.3) is 0 Å². The molecule has 0 saturated heterocycles. The van der Waals surface area contributed by atoms with Crippen molar-refractivity contribution < 1.29 is 80.2 Å². The molecule has 0 aliphatic carbocycles. The van der Waals surface area contributed by atoms with E-state index in [1.807, 2.05) is 0 Å². The number of hydrogen-bond donors (Lipinski definition) is 3. The summed E-state index contributed by atoms with van der Waals surface area (Å²) in [5.74, 6) is 1.02. The first-order valence-electron chi connectivity index (χ1n) is 41.3. The molecular weight excluding hydrogens is 1290 g/mol. The zero-order valence-corrected chi connectivity index (χ0v) is 66.9. The van der Waals surface area contributed by atoms with Gasteiger partial charge in [-0.05, 0) is 49.4 Å². The molecule has 0 spiro atoms. The van der Waals surface area contributed by atoms with Gasteiger partial charge in [-0.1, -0.05) is 357 Å². The zero-order chi connectivity index (χ0) is 73.1. The molecule has 7 atom stereocenters. The molecule has 0 saturated carbocycles. The van der Waals surface area contributed by atoms with E-state index in [0.29, 0.717) is 31.6 Å². The number of phosphoric ester groups is 2. The third-order valence-corrected chi connectivity index (χ3v) is 21.2. The van der Waals surface area contributed by atoms with Gasteiger partial charge in [-0.25, -0.2) is 9.13 Å². The first-order chi connectivity index (χ1) is 47.7. The number of phosphoric acid groups is 2. The third-order valence-electron chi connectivity index (χ3n) is 19.3. The van der Waals surface area contributed by atoms with Crippen LogP contribution in [0.1, 0.15) is 409 Å². The maximum atomic E-state index is 13.1.